The molecule has 36 heavy (non-hydrogen) atoms. The molecular formula is C36H38. The van der Waals surface area contributed by atoms with E-state index < -0.39 is 0 Å². The maximum atomic E-state index is 4.48. The second-order valence-electron chi connectivity index (χ2n) is 8.73. The van der Waals surface area contributed by atoms with Crippen LogP contribution in [0.5, 0.6) is 0 Å². The van der Waals surface area contributed by atoms with Crippen LogP contribution in [0.15, 0.2) is 148 Å². The third-order valence-electron chi connectivity index (χ3n) is 6.23. The molecule has 182 valence electrons. The minimum atomic E-state index is 0.392. The lowest BCUT2D eigenvalue weighted by Gasteiger charge is -2.22. The molecule has 0 saturated carbocycles. The van der Waals surface area contributed by atoms with Crippen LogP contribution in [0.1, 0.15) is 41.5 Å². The van der Waals surface area contributed by atoms with Crippen molar-refractivity contribution >= 4 is 23.3 Å². The fourth-order valence-corrected chi connectivity index (χ4v) is 4.11. The zero-order valence-corrected chi connectivity index (χ0v) is 21.5. The van der Waals surface area contributed by atoms with Crippen molar-refractivity contribution in [1.82, 2.24) is 0 Å². The summed E-state index contributed by atoms with van der Waals surface area (Å²) in [4.78, 5) is 0. The first-order chi connectivity index (χ1) is 17.3. The van der Waals surface area contributed by atoms with Crippen LogP contribution in [0, 0.1) is 5.92 Å². The number of hydrogen-bond donors (Lipinski definition) is 0. The first kappa shape index (κ1) is 28.1. The van der Waals surface area contributed by atoms with Gasteiger partial charge in [-0.3, -0.25) is 0 Å². The van der Waals surface area contributed by atoms with Crippen molar-refractivity contribution in [2.24, 2.45) is 5.92 Å². The maximum Gasteiger partial charge on any atom is -0.0106 e. The van der Waals surface area contributed by atoms with Gasteiger partial charge in [-0.2, -0.15) is 0 Å². The molecule has 0 heteroatoms. The highest BCUT2D eigenvalue weighted by molar-refractivity contribution is 5.85. The molecule has 0 aliphatic heterocycles. The summed E-state index contributed by atoms with van der Waals surface area (Å²) in [5, 5.41) is 0. The third kappa shape index (κ3) is 7.68. The van der Waals surface area contributed by atoms with Gasteiger partial charge in [0, 0.05) is 0 Å². The van der Waals surface area contributed by atoms with Crippen molar-refractivity contribution < 1.29 is 0 Å². The fourth-order valence-electron chi connectivity index (χ4n) is 4.11. The summed E-state index contributed by atoms with van der Waals surface area (Å²) in [7, 11) is 0. The van der Waals surface area contributed by atoms with E-state index in [2.05, 4.69) is 70.8 Å². The summed E-state index contributed by atoms with van der Waals surface area (Å²) in [5.41, 5.74) is 8.59. The van der Waals surface area contributed by atoms with Crippen LogP contribution < -0.4 is 0 Å². The molecule has 2 rings (SSSR count). The van der Waals surface area contributed by atoms with Crippen molar-refractivity contribution in [3.63, 3.8) is 0 Å². The standard InChI is InChI=1S/C36H38/c1-9-12-19-27(4)28(5)24-25-30(7)35-22-15-13-14-16-23-36(34(11-3)33(35)10-2)31(8)26-32-21-18-17-20-29(32)6/h9-17,19-20,22-25,32H,1-8,18,21,26H2/b14-13?,15-13?,16-14?,19-12-,22-15?,23-16?,25-24-,34-33?,35-22?,35-33?,36-23?,36-34?. The zero-order chi connectivity index (χ0) is 26.5. The summed E-state index contributed by atoms with van der Waals surface area (Å²) in [6, 6.07) is 12.2. The summed E-state index contributed by atoms with van der Waals surface area (Å²) in [6.45, 7) is 33.2. The molecule has 1 aromatic rings. The quantitative estimate of drug-likeness (QED) is 0.282. The normalized spacial score (nSPS) is 14.8. The van der Waals surface area contributed by atoms with Crippen LogP contribution in [0.25, 0.3) is 23.3 Å². The van der Waals surface area contributed by atoms with Crippen LogP contribution in [-0.2, 0) is 0 Å². The van der Waals surface area contributed by atoms with Crippen LogP contribution >= 0.6 is 0 Å². The minimum Gasteiger partial charge on any atom is -0.0991 e. The highest BCUT2D eigenvalue weighted by Gasteiger charge is 2.17. The zero-order valence-electron chi connectivity index (χ0n) is 21.5. The van der Waals surface area contributed by atoms with Crippen LogP contribution in [0.3, 0.4) is 0 Å². The predicted octanol–water partition coefficient (Wildman–Crippen LogP) is 10.4. The van der Waals surface area contributed by atoms with Crippen molar-refractivity contribution in [2.45, 2.75) is 19.3 Å². The fraction of sp³-hybridized carbons (Fsp3) is 0.111. The van der Waals surface area contributed by atoms with Gasteiger partial charge in [0.2, 0.25) is 0 Å². The molecule has 1 atom stereocenters. The Kier molecular flexibility index (Phi) is 11.1. The SMILES string of the molecule is C=C/C=C\C(=C)C(=C)/C=C\C(=C)c1ccccccc(C(=C)CC2CCC=CC2=C)c(C=C)c1C=C. The minimum absolute atomic E-state index is 0.392. The Bertz CT molecular complexity index is 1230. The van der Waals surface area contributed by atoms with Crippen molar-refractivity contribution in [3.8, 4) is 0 Å². The van der Waals surface area contributed by atoms with Gasteiger partial charge in [0.15, 0.2) is 0 Å². The molecule has 0 N–H and O–H groups in total. The first-order valence-corrected chi connectivity index (χ1v) is 12.2. The monoisotopic (exact) mass is 470 g/mol. The van der Waals surface area contributed by atoms with Gasteiger partial charge in [0.1, 0.15) is 0 Å². The Hall–Kier alpha value is -4.16. The number of allylic oxidation sites excluding steroid dienone is 12. The van der Waals surface area contributed by atoms with Crippen LogP contribution in [-0.4, -0.2) is 0 Å². The van der Waals surface area contributed by atoms with Gasteiger partial charge >= 0.3 is 0 Å². The predicted molar refractivity (Wildman–Crippen MR) is 165 cm³/mol. The molecule has 0 amide bonds. The molecule has 0 heterocycles. The van der Waals surface area contributed by atoms with Gasteiger partial charge < -0.3 is 0 Å². The molecule has 0 nitrogen and oxygen atoms in total. The third-order valence-corrected chi connectivity index (χ3v) is 6.23. The van der Waals surface area contributed by atoms with Gasteiger partial charge in [-0.05, 0) is 69.7 Å². The van der Waals surface area contributed by atoms with Crippen LogP contribution in [0.4, 0.5) is 0 Å². The highest BCUT2D eigenvalue weighted by Crippen LogP contribution is 2.34. The molecule has 0 aromatic heterocycles. The van der Waals surface area contributed by atoms with E-state index in [1.807, 2.05) is 66.8 Å². The average molecular weight is 471 g/mol. The average Bonchev–Trinajstić information content (AvgIpc) is 2.88. The van der Waals surface area contributed by atoms with Gasteiger partial charge in [-0.15, -0.1) is 0 Å². The summed E-state index contributed by atoms with van der Waals surface area (Å²) in [5.74, 6) is 0.392. The van der Waals surface area contributed by atoms with E-state index in [-0.39, 0.29) is 0 Å². The molecule has 1 aliphatic carbocycles. The Morgan fingerprint density at radius 1 is 0.806 bits per heavy atom. The largest absolute Gasteiger partial charge is 0.0991 e. The Labute approximate surface area is 218 Å². The molecule has 1 unspecified atom stereocenters. The van der Waals surface area contributed by atoms with Crippen LogP contribution in [0.2, 0.25) is 0 Å². The number of hydrogen-bond acceptors (Lipinski definition) is 0. The topological polar surface area (TPSA) is 0 Å². The first-order valence-electron chi connectivity index (χ1n) is 12.2. The molecular weight excluding hydrogens is 432 g/mol. The summed E-state index contributed by atoms with van der Waals surface area (Å²) in [6.07, 6.45) is 20.4. The molecule has 0 spiro atoms. The second-order valence-corrected chi connectivity index (χ2v) is 8.73. The summed E-state index contributed by atoms with van der Waals surface area (Å²) < 4.78 is 0. The van der Waals surface area contributed by atoms with Gasteiger partial charge in [0.05, 0.1) is 0 Å². The smallest absolute Gasteiger partial charge is 0.0106 e. The lowest BCUT2D eigenvalue weighted by atomic mass is 9.82. The van der Waals surface area contributed by atoms with Gasteiger partial charge in [-0.25, -0.2) is 0 Å². The Morgan fingerprint density at radius 2 is 1.42 bits per heavy atom. The molecule has 0 bridgehead atoms. The van der Waals surface area contributed by atoms with E-state index >= 15 is 0 Å². The highest BCUT2D eigenvalue weighted by atomic mass is 14.2. The van der Waals surface area contributed by atoms with E-state index in [0.717, 1.165) is 63.8 Å². The van der Waals surface area contributed by atoms with Gasteiger partial charge in [0.25, 0.3) is 0 Å². The van der Waals surface area contributed by atoms with E-state index in [1.54, 1.807) is 6.08 Å². The van der Waals surface area contributed by atoms with E-state index in [9.17, 15) is 0 Å². The lowest BCUT2D eigenvalue weighted by Crippen LogP contribution is -2.06. The van der Waals surface area contributed by atoms with Gasteiger partial charge in [-0.1, -0.05) is 149 Å². The molecule has 0 saturated heterocycles. The molecule has 0 radical (unpaired) electrons. The summed E-state index contributed by atoms with van der Waals surface area (Å²) >= 11 is 0. The van der Waals surface area contributed by atoms with Crippen molar-refractivity contribution in [1.29, 1.82) is 0 Å². The Balaban J connectivity index is 2.59. The Morgan fingerprint density at radius 3 is 2.03 bits per heavy atom. The lowest BCUT2D eigenvalue weighted by molar-refractivity contribution is 0.579. The molecule has 1 aromatic carbocycles. The van der Waals surface area contributed by atoms with E-state index in [4.69, 9.17) is 0 Å². The number of rotatable bonds is 11. The van der Waals surface area contributed by atoms with E-state index in [0.29, 0.717) is 5.92 Å². The van der Waals surface area contributed by atoms with Crippen molar-refractivity contribution in [3.05, 3.63) is 171 Å². The van der Waals surface area contributed by atoms with E-state index in [1.165, 1.54) is 5.57 Å². The van der Waals surface area contributed by atoms with Crippen molar-refractivity contribution in [2.75, 3.05) is 0 Å². The molecule has 1 aliphatic rings. The molecule has 0 fully saturated rings. The maximum absolute atomic E-state index is 4.48. The second kappa shape index (κ2) is 14.3.